The molecule has 0 saturated heterocycles. The lowest BCUT2D eigenvalue weighted by molar-refractivity contribution is 0.291. The number of para-hydroxylation sites is 1. The second-order valence-electron chi connectivity index (χ2n) is 3.92. The summed E-state index contributed by atoms with van der Waals surface area (Å²) in [7, 11) is 0. The fourth-order valence-corrected chi connectivity index (χ4v) is 2.00. The van der Waals surface area contributed by atoms with Gasteiger partial charge < -0.3 is 14.6 Å². The number of nitrogens with one attached hydrogen (secondary N) is 1. The quantitative estimate of drug-likeness (QED) is 0.862. The molecule has 5 heteroatoms. The first-order valence-corrected chi connectivity index (χ1v) is 5.48. The third-order valence-corrected chi connectivity index (χ3v) is 2.80. The van der Waals surface area contributed by atoms with Crippen LogP contribution in [0.4, 0.5) is 10.1 Å². The average molecular weight is 233 g/mol. The van der Waals surface area contributed by atoms with Crippen molar-refractivity contribution in [2.24, 2.45) is 0 Å². The minimum atomic E-state index is -0.311. The van der Waals surface area contributed by atoms with Crippen molar-refractivity contribution in [2.45, 2.75) is 6.54 Å². The first-order chi connectivity index (χ1) is 8.34. The van der Waals surface area contributed by atoms with E-state index in [1.807, 2.05) is 12.3 Å². The van der Waals surface area contributed by atoms with Gasteiger partial charge in [0, 0.05) is 6.20 Å². The summed E-state index contributed by atoms with van der Waals surface area (Å²) in [5.41, 5.74) is 1.72. The number of halogens is 1. The largest absolute Gasteiger partial charge is 0.486 e. The standard InChI is InChI=1S/C12H12FN3O/c13-10-2-1-3-11-12(10)17-5-4-16(11)7-9-6-14-8-15-9/h1-3,6,8H,4-5,7H2,(H,14,15). The van der Waals surface area contributed by atoms with Crippen molar-refractivity contribution in [3.05, 3.63) is 42.2 Å². The van der Waals surface area contributed by atoms with E-state index in [-0.39, 0.29) is 5.82 Å². The number of fused-ring (bicyclic) bond motifs is 1. The highest BCUT2D eigenvalue weighted by molar-refractivity contribution is 5.60. The molecule has 0 atom stereocenters. The topological polar surface area (TPSA) is 41.1 Å². The molecule has 0 unspecified atom stereocenters. The molecule has 88 valence electrons. The maximum Gasteiger partial charge on any atom is 0.178 e. The van der Waals surface area contributed by atoms with Crippen molar-refractivity contribution in [2.75, 3.05) is 18.1 Å². The predicted molar refractivity (Wildman–Crippen MR) is 61.5 cm³/mol. The fraction of sp³-hybridized carbons (Fsp3) is 0.250. The molecule has 0 radical (unpaired) electrons. The minimum Gasteiger partial charge on any atom is -0.486 e. The Kier molecular flexibility index (Phi) is 2.44. The first-order valence-electron chi connectivity index (χ1n) is 5.48. The van der Waals surface area contributed by atoms with Crippen LogP contribution in [0.15, 0.2) is 30.7 Å². The zero-order chi connectivity index (χ0) is 11.7. The van der Waals surface area contributed by atoms with E-state index in [0.717, 1.165) is 17.9 Å². The number of imidazole rings is 1. The second kappa shape index (κ2) is 4.08. The van der Waals surface area contributed by atoms with E-state index >= 15 is 0 Å². The molecule has 1 aromatic carbocycles. The van der Waals surface area contributed by atoms with Crippen LogP contribution < -0.4 is 9.64 Å². The summed E-state index contributed by atoms with van der Waals surface area (Å²) in [6.45, 7) is 1.89. The van der Waals surface area contributed by atoms with Gasteiger partial charge in [0.05, 0.1) is 30.8 Å². The summed E-state index contributed by atoms with van der Waals surface area (Å²) in [6, 6.07) is 4.97. The molecule has 0 spiro atoms. The summed E-state index contributed by atoms with van der Waals surface area (Å²) < 4.78 is 18.9. The molecule has 0 bridgehead atoms. The summed E-state index contributed by atoms with van der Waals surface area (Å²) in [4.78, 5) is 9.15. The molecule has 1 aromatic heterocycles. The Morgan fingerprint density at radius 2 is 2.41 bits per heavy atom. The number of aromatic amines is 1. The maximum absolute atomic E-state index is 13.6. The average Bonchev–Trinajstić information content (AvgIpc) is 2.83. The van der Waals surface area contributed by atoms with Gasteiger partial charge >= 0.3 is 0 Å². The number of hydrogen-bond donors (Lipinski definition) is 1. The number of ether oxygens (including phenoxy) is 1. The van der Waals surface area contributed by atoms with Crippen LogP contribution in [0.1, 0.15) is 5.69 Å². The molecule has 2 aromatic rings. The van der Waals surface area contributed by atoms with Crippen molar-refractivity contribution in [1.82, 2.24) is 9.97 Å². The van der Waals surface area contributed by atoms with Crippen LogP contribution in [0.2, 0.25) is 0 Å². The lowest BCUT2D eigenvalue weighted by Gasteiger charge is -2.30. The van der Waals surface area contributed by atoms with Gasteiger partial charge in [-0.25, -0.2) is 9.37 Å². The Labute approximate surface area is 98.0 Å². The van der Waals surface area contributed by atoms with Crippen LogP contribution >= 0.6 is 0 Å². The number of H-pyrrole nitrogens is 1. The summed E-state index contributed by atoms with van der Waals surface area (Å²) in [5, 5.41) is 0. The van der Waals surface area contributed by atoms with Gasteiger partial charge in [-0.2, -0.15) is 0 Å². The lowest BCUT2D eigenvalue weighted by atomic mass is 10.2. The van der Waals surface area contributed by atoms with Crippen LogP contribution in [0, 0.1) is 5.82 Å². The molecule has 0 amide bonds. The van der Waals surface area contributed by atoms with Gasteiger partial charge in [-0.15, -0.1) is 0 Å². The Bertz CT molecular complexity index is 512. The van der Waals surface area contributed by atoms with E-state index in [9.17, 15) is 4.39 Å². The number of rotatable bonds is 2. The maximum atomic E-state index is 13.6. The van der Waals surface area contributed by atoms with Gasteiger partial charge in [0.25, 0.3) is 0 Å². The van der Waals surface area contributed by atoms with E-state index < -0.39 is 0 Å². The molecule has 0 aliphatic carbocycles. The summed E-state index contributed by atoms with van der Waals surface area (Å²) in [6.07, 6.45) is 3.48. The molecule has 1 aliphatic rings. The Hall–Kier alpha value is -2.04. The fourth-order valence-electron chi connectivity index (χ4n) is 2.00. The molecule has 17 heavy (non-hydrogen) atoms. The molecule has 4 nitrogen and oxygen atoms in total. The van der Waals surface area contributed by atoms with Gasteiger partial charge in [-0.3, -0.25) is 0 Å². The highest BCUT2D eigenvalue weighted by Crippen LogP contribution is 2.34. The van der Waals surface area contributed by atoms with Crippen molar-refractivity contribution < 1.29 is 9.13 Å². The number of hydrogen-bond acceptors (Lipinski definition) is 3. The Morgan fingerprint density at radius 1 is 1.47 bits per heavy atom. The van der Waals surface area contributed by atoms with Crippen LogP contribution in [0.3, 0.4) is 0 Å². The van der Waals surface area contributed by atoms with E-state index in [1.54, 1.807) is 12.4 Å². The van der Waals surface area contributed by atoms with Gasteiger partial charge in [0.2, 0.25) is 0 Å². The van der Waals surface area contributed by atoms with Crippen molar-refractivity contribution in [3.63, 3.8) is 0 Å². The molecular weight excluding hydrogens is 221 g/mol. The van der Waals surface area contributed by atoms with Crippen LogP contribution in [0.5, 0.6) is 5.75 Å². The second-order valence-corrected chi connectivity index (χ2v) is 3.92. The molecule has 3 rings (SSSR count). The molecular formula is C12H12FN3O. The van der Waals surface area contributed by atoms with Crippen molar-refractivity contribution >= 4 is 5.69 Å². The third-order valence-electron chi connectivity index (χ3n) is 2.80. The minimum absolute atomic E-state index is 0.311. The summed E-state index contributed by atoms with van der Waals surface area (Å²) >= 11 is 0. The smallest absolute Gasteiger partial charge is 0.178 e. The van der Waals surface area contributed by atoms with Crippen LogP contribution in [0.25, 0.3) is 0 Å². The van der Waals surface area contributed by atoms with E-state index in [1.165, 1.54) is 6.07 Å². The normalized spacial score (nSPS) is 14.3. The third kappa shape index (κ3) is 1.84. The van der Waals surface area contributed by atoms with E-state index in [4.69, 9.17) is 4.74 Å². The molecule has 0 fully saturated rings. The monoisotopic (exact) mass is 233 g/mol. The zero-order valence-corrected chi connectivity index (χ0v) is 9.19. The highest BCUT2D eigenvalue weighted by Gasteiger charge is 2.21. The van der Waals surface area contributed by atoms with Gasteiger partial charge in [0.15, 0.2) is 11.6 Å². The van der Waals surface area contributed by atoms with Crippen LogP contribution in [-0.2, 0) is 6.54 Å². The van der Waals surface area contributed by atoms with Crippen molar-refractivity contribution in [3.8, 4) is 5.75 Å². The molecule has 2 heterocycles. The van der Waals surface area contributed by atoms with Crippen molar-refractivity contribution in [1.29, 1.82) is 0 Å². The highest BCUT2D eigenvalue weighted by atomic mass is 19.1. The Balaban J connectivity index is 1.92. The molecule has 1 aliphatic heterocycles. The number of anilines is 1. The molecule has 0 saturated carbocycles. The van der Waals surface area contributed by atoms with Gasteiger partial charge in [-0.1, -0.05) is 6.07 Å². The number of aromatic nitrogens is 2. The lowest BCUT2D eigenvalue weighted by Crippen LogP contribution is -2.32. The summed E-state index contributed by atoms with van der Waals surface area (Å²) in [5.74, 6) is 0.0310. The first kappa shape index (κ1) is 10.1. The Morgan fingerprint density at radius 3 is 3.24 bits per heavy atom. The predicted octanol–water partition coefficient (Wildman–Crippen LogP) is 1.95. The zero-order valence-electron chi connectivity index (χ0n) is 9.19. The SMILES string of the molecule is Fc1cccc2c1OCCN2Cc1c[nH]cn1. The van der Waals surface area contributed by atoms with E-state index in [2.05, 4.69) is 14.9 Å². The van der Waals surface area contributed by atoms with Crippen LogP contribution in [-0.4, -0.2) is 23.1 Å². The molecule has 1 N–H and O–H groups in total. The number of benzene rings is 1. The van der Waals surface area contributed by atoms with E-state index in [0.29, 0.717) is 18.9 Å². The van der Waals surface area contributed by atoms with Gasteiger partial charge in [-0.05, 0) is 12.1 Å². The van der Waals surface area contributed by atoms with Gasteiger partial charge in [0.1, 0.15) is 6.61 Å². The number of nitrogens with zero attached hydrogens (tertiary/aromatic N) is 2.